The Kier molecular flexibility index (Phi) is 12.5. The van der Waals surface area contributed by atoms with Gasteiger partial charge in [-0.25, -0.2) is 4.39 Å². The Balaban J connectivity index is 0.000000178. The highest BCUT2D eigenvalue weighted by molar-refractivity contribution is 7.09. The first kappa shape index (κ1) is 41.0. The Morgan fingerprint density at radius 1 is 0.547 bits per heavy atom. The average Bonchev–Trinajstić information content (AvgIpc) is 3.74. The van der Waals surface area contributed by atoms with E-state index >= 15 is 0 Å². The van der Waals surface area contributed by atoms with Crippen LogP contribution in [0.15, 0.2) is 85.3 Å². The van der Waals surface area contributed by atoms with Gasteiger partial charge in [-0.15, -0.1) is 34.0 Å². The van der Waals surface area contributed by atoms with Crippen LogP contribution in [0, 0.1) is 35.9 Å². The van der Waals surface area contributed by atoms with Crippen molar-refractivity contribution in [1.29, 1.82) is 16.2 Å². The average molecular weight is 807 g/mol. The number of hydrogen-bond donors (Lipinski definition) is 3. The lowest BCUT2D eigenvalue weighted by Crippen LogP contribution is -2.13. The summed E-state index contributed by atoms with van der Waals surface area (Å²) in [7, 11) is 0. The molecule has 6 nitrogen and oxygen atoms in total. The van der Waals surface area contributed by atoms with Crippen molar-refractivity contribution < 1.29 is 43.9 Å². The quantitative estimate of drug-likeness (QED) is 0.148. The van der Waals surface area contributed by atoms with Crippen LogP contribution in [-0.2, 0) is 24.9 Å². The second-order valence-corrected chi connectivity index (χ2v) is 14.6. The van der Waals surface area contributed by atoms with Crippen molar-refractivity contribution in [2.24, 2.45) is 0 Å². The Bertz CT molecular complexity index is 2370. The molecular weight excluding hydrogens is 779 g/mol. The molecule has 282 valence electrons. The van der Waals surface area contributed by atoms with E-state index in [4.69, 9.17) is 16.2 Å². The molecule has 3 aromatic heterocycles. The first-order chi connectivity index (χ1) is 24.6. The van der Waals surface area contributed by atoms with Crippen LogP contribution in [0.25, 0.3) is 17.1 Å². The van der Waals surface area contributed by atoms with Crippen molar-refractivity contribution in [3.8, 4) is 17.1 Å². The minimum absolute atomic E-state index is 0.0900. The van der Waals surface area contributed by atoms with Gasteiger partial charge in [-0.1, -0.05) is 19.1 Å². The third-order valence-corrected chi connectivity index (χ3v) is 9.76. The molecule has 53 heavy (non-hydrogen) atoms. The largest absolute Gasteiger partial charge is 0.419 e. The van der Waals surface area contributed by atoms with Crippen molar-refractivity contribution in [3.63, 3.8) is 0 Å². The van der Waals surface area contributed by atoms with Gasteiger partial charge in [0.1, 0.15) is 5.82 Å². The lowest BCUT2D eigenvalue weighted by Gasteiger charge is -2.10. The molecule has 0 spiro atoms. The molecule has 0 aliphatic rings. The molecule has 3 N–H and O–H groups in total. The van der Waals surface area contributed by atoms with E-state index in [9.17, 15) is 43.9 Å². The Labute approximate surface area is 306 Å². The predicted molar refractivity (Wildman–Crippen MR) is 182 cm³/mol. The smallest absolute Gasteiger partial charge is 0.293 e. The highest BCUT2D eigenvalue weighted by Crippen LogP contribution is 2.33. The number of nitrogens with zero attached hydrogens (tertiary/aromatic N) is 3. The summed E-state index contributed by atoms with van der Waals surface area (Å²) in [6, 6.07) is 12.7. The fourth-order valence-electron chi connectivity index (χ4n) is 4.62. The van der Waals surface area contributed by atoms with E-state index in [1.54, 1.807) is 37.6 Å². The van der Waals surface area contributed by atoms with E-state index in [0.29, 0.717) is 17.4 Å². The topological polar surface area (TPSA) is 86.3 Å². The van der Waals surface area contributed by atoms with Gasteiger partial charge in [0.2, 0.25) is 0 Å². The first-order valence-corrected chi connectivity index (χ1v) is 17.5. The van der Waals surface area contributed by atoms with Crippen molar-refractivity contribution in [3.05, 3.63) is 137 Å². The summed E-state index contributed by atoms with van der Waals surface area (Å²) in [6.07, 6.45) is -7.78. The second kappa shape index (κ2) is 16.1. The van der Waals surface area contributed by atoms with Gasteiger partial charge in [0, 0.05) is 50.3 Å². The minimum atomic E-state index is -4.74. The molecule has 0 atom stereocenters. The SMILES string of the molecule is CCc1cn(-c2cccc(C(F)(F)F)c2)c(=N)s1.Cc1cn(-c2ccc(F)c(C(F)(F)F)c2)c(=N)s1.Cc1cn(-c2cccc(C(F)(F)F)c2)c(=N)s1. The molecule has 3 heterocycles. The van der Waals surface area contributed by atoms with E-state index < -0.39 is 41.0 Å². The van der Waals surface area contributed by atoms with Crippen LogP contribution in [0.3, 0.4) is 0 Å². The molecule has 0 saturated carbocycles. The maximum absolute atomic E-state index is 13.1. The maximum atomic E-state index is 13.1. The van der Waals surface area contributed by atoms with Crippen molar-refractivity contribution >= 4 is 34.0 Å². The van der Waals surface area contributed by atoms with E-state index in [1.807, 2.05) is 13.8 Å². The number of nitrogens with one attached hydrogen (secondary N) is 3. The number of hydrogen-bond acceptors (Lipinski definition) is 6. The summed E-state index contributed by atoms with van der Waals surface area (Å²) in [6.45, 7) is 5.50. The number of alkyl halides is 9. The monoisotopic (exact) mass is 806 g/mol. The van der Waals surface area contributed by atoms with Gasteiger partial charge in [0.15, 0.2) is 14.4 Å². The van der Waals surface area contributed by atoms with E-state index in [-0.39, 0.29) is 20.1 Å². The summed E-state index contributed by atoms with van der Waals surface area (Å²) in [5.74, 6) is -1.31. The van der Waals surface area contributed by atoms with Gasteiger partial charge in [-0.2, -0.15) is 39.5 Å². The molecule has 0 unspecified atom stereocenters. The molecule has 6 rings (SSSR count). The normalized spacial score (nSPS) is 11.8. The number of benzene rings is 3. The van der Waals surface area contributed by atoms with Crippen LogP contribution in [-0.4, -0.2) is 13.7 Å². The van der Waals surface area contributed by atoms with Gasteiger partial charge in [0.25, 0.3) is 0 Å². The molecule has 0 amide bonds. The zero-order chi connectivity index (χ0) is 39.5. The van der Waals surface area contributed by atoms with Crippen LogP contribution in [0.1, 0.15) is 38.2 Å². The zero-order valence-corrected chi connectivity index (χ0v) is 30.1. The summed E-state index contributed by atoms with van der Waals surface area (Å²) >= 11 is 3.63. The lowest BCUT2D eigenvalue weighted by atomic mass is 10.2. The fraction of sp³-hybridized carbons (Fsp3) is 0.206. The van der Waals surface area contributed by atoms with Gasteiger partial charge in [0.05, 0.1) is 16.7 Å². The molecule has 0 aliphatic carbocycles. The van der Waals surface area contributed by atoms with E-state index in [2.05, 4.69) is 0 Å². The van der Waals surface area contributed by atoms with Crippen molar-refractivity contribution in [2.45, 2.75) is 45.7 Å². The molecular formula is C34H28F10N6S3. The van der Waals surface area contributed by atoms with Gasteiger partial charge in [-0.3, -0.25) is 29.9 Å². The van der Waals surface area contributed by atoms with Gasteiger partial charge < -0.3 is 0 Å². The molecule has 0 bridgehead atoms. The number of thiazole rings is 3. The molecule has 6 aromatic rings. The number of aromatic nitrogens is 3. The van der Waals surface area contributed by atoms with Crippen LogP contribution in [0.2, 0.25) is 0 Å². The number of aryl methyl sites for hydroxylation is 3. The third-order valence-electron chi connectivity index (χ3n) is 7.08. The molecule has 0 fully saturated rings. The zero-order valence-electron chi connectivity index (χ0n) is 27.6. The minimum Gasteiger partial charge on any atom is -0.293 e. The molecule has 0 saturated heterocycles. The van der Waals surface area contributed by atoms with E-state index in [1.165, 1.54) is 54.6 Å². The Morgan fingerprint density at radius 2 is 0.962 bits per heavy atom. The molecule has 0 aliphatic heterocycles. The van der Waals surface area contributed by atoms with Gasteiger partial charge >= 0.3 is 18.5 Å². The summed E-state index contributed by atoms with van der Waals surface area (Å²) < 4.78 is 130. The van der Waals surface area contributed by atoms with E-state index in [0.717, 1.165) is 62.7 Å². The standard InChI is InChI=1S/C12H11F3N2S.C11H8F4N2S.C11H9F3N2S/c1-2-10-7-17(11(16)18-10)9-5-3-4-8(6-9)12(13,14)15;1-6-5-17(10(16)18-6)7-2-3-9(12)8(4-7)11(13,14)15;1-7-6-16(10(15)17-7)9-4-2-3-8(5-9)11(12,13)14/h3-7,16H,2H2,1H3;2-5,16H,1H3;2-6,15H,1H3. The Hall–Kier alpha value is -4.75. The van der Waals surface area contributed by atoms with Crippen molar-refractivity contribution in [1.82, 2.24) is 13.7 Å². The third kappa shape index (κ3) is 10.4. The lowest BCUT2D eigenvalue weighted by molar-refractivity contribution is -0.140. The number of rotatable bonds is 4. The van der Waals surface area contributed by atoms with Crippen LogP contribution in [0.4, 0.5) is 43.9 Å². The van der Waals surface area contributed by atoms with Crippen LogP contribution in [0.5, 0.6) is 0 Å². The first-order valence-electron chi connectivity index (χ1n) is 15.0. The Morgan fingerprint density at radius 3 is 1.32 bits per heavy atom. The predicted octanol–water partition coefficient (Wildman–Crippen LogP) is 10.4. The summed E-state index contributed by atoms with van der Waals surface area (Å²) in [5.41, 5.74) is -1.88. The number of halogens is 10. The molecule has 19 heteroatoms. The van der Waals surface area contributed by atoms with Crippen molar-refractivity contribution in [2.75, 3.05) is 0 Å². The highest BCUT2D eigenvalue weighted by Gasteiger charge is 2.34. The van der Waals surface area contributed by atoms with Crippen LogP contribution < -0.4 is 14.4 Å². The maximum Gasteiger partial charge on any atom is 0.419 e. The summed E-state index contributed by atoms with van der Waals surface area (Å²) in [4.78, 5) is 3.17. The highest BCUT2D eigenvalue weighted by atomic mass is 32.1. The molecule has 3 aromatic carbocycles. The van der Waals surface area contributed by atoms with Crippen LogP contribution >= 0.6 is 34.0 Å². The fourth-order valence-corrected chi connectivity index (χ4v) is 6.87. The molecule has 0 radical (unpaired) electrons. The van der Waals surface area contributed by atoms with Gasteiger partial charge in [-0.05, 0) is 74.9 Å². The second-order valence-electron chi connectivity index (χ2n) is 11.0. The summed E-state index contributed by atoms with van der Waals surface area (Å²) in [5, 5.41) is 23.0.